The molecule has 2 heterocycles. The van der Waals surface area contributed by atoms with Crippen LogP contribution in [-0.4, -0.2) is 36.9 Å². The number of benzene rings is 2. The fourth-order valence-corrected chi connectivity index (χ4v) is 5.12. The van der Waals surface area contributed by atoms with Crippen LogP contribution in [0.1, 0.15) is 46.0 Å². The fourth-order valence-electron chi connectivity index (χ4n) is 5.12. The summed E-state index contributed by atoms with van der Waals surface area (Å²) in [5, 5.41) is 0. The predicted molar refractivity (Wildman–Crippen MR) is 126 cm³/mol. The normalized spacial score (nSPS) is 20.9. The summed E-state index contributed by atoms with van der Waals surface area (Å²) in [5.41, 5.74) is 4.55. The zero-order chi connectivity index (χ0) is 22.4. The van der Waals surface area contributed by atoms with Crippen molar-refractivity contribution in [3.8, 4) is 11.1 Å². The Morgan fingerprint density at radius 3 is 2.25 bits per heavy atom. The maximum atomic E-state index is 13.2. The molecule has 2 aliphatic heterocycles. The van der Waals surface area contributed by atoms with Crippen LogP contribution in [0.5, 0.6) is 0 Å². The molecule has 0 radical (unpaired) electrons. The minimum Gasteiger partial charge on any atom is -0.312 e. The predicted octanol–water partition coefficient (Wildman–Crippen LogP) is 4.37. The molecule has 1 atom stereocenters. The molecule has 0 aromatic heterocycles. The van der Waals surface area contributed by atoms with E-state index in [-0.39, 0.29) is 29.7 Å². The van der Waals surface area contributed by atoms with Gasteiger partial charge in [0.15, 0.2) is 0 Å². The van der Waals surface area contributed by atoms with Gasteiger partial charge in [0, 0.05) is 38.0 Å². The molecule has 166 valence electrons. The van der Waals surface area contributed by atoms with Crippen LogP contribution in [0, 0.1) is 5.92 Å². The lowest BCUT2D eigenvalue weighted by molar-refractivity contribution is -0.125. The molecule has 2 fully saturated rings. The van der Waals surface area contributed by atoms with Crippen molar-refractivity contribution in [2.24, 2.45) is 5.92 Å². The summed E-state index contributed by atoms with van der Waals surface area (Å²) in [5.74, 6) is 0.435. The number of hydrogen-bond donors (Lipinski definition) is 0. The summed E-state index contributed by atoms with van der Waals surface area (Å²) in [6, 6.07) is 14.0. The third kappa shape index (κ3) is 3.48. The Morgan fingerprint density at radius 1 is 0.938 bits per heavy atom. The lowest BCUT2D eigenvalue weighted by Crippen LogP contribution is -2.53. The third-order valence-electron chi connectivity index (χ3n) is 7.06. The van der Waals surface area contributed by atoms with Gasteiger partial charge in [0.05, 0.1) is 17.4 Å². The topological polar surface area (TPSA) is 60.9 Å². The van der Waals surface area contributed by atoms with Crippen LogP contribution in [0.25, 0.3) is 11.1 Å². The molecule has 0 unspecified atom stereocenters. The van der Waals surface area contributed by atoms with Crippen LogP contribution in [-0.2, 0) is 14.4 Å². The Labute approximate surface area is 188 Å². The van der Waals surface area contributed by atoms with E-state index >= 15 is 0 Å². The quantitative estimate of drug-likeness (QED) is 0.725. The van der Waals surface area contributed by atoms with Gasteiger partial charge < -0.3 is 14.7 Å². The SMILES string of the molecule is CC(=O)N1c2ccc(-c3ccc(N4CCCC4=O)cc3)cc2N(C(=O)C2CCC2)C[C@@H]1C. The van der Waals surface area contributed by atoms with Crippen LogP contribution in [0.3, 0.4) is 0 Å². The molecule has 6 heteroatoms. The van der Waals surface area contributed by atoms with E-state index in [1.807, 2.05) is 59.2 Å². The zero-order valence-electron chi connectivity index (χ0n) is 18.7. The van der Waals surface area contributed by atoms with Gasteiger partial charge in [-0.15, -0.1) is 0 Å². The van der Waals surface area contributed by atoms with Crippen molar-refractivity contribution < 1.29 is 14.4 Å². The molecule has 3 amide bonds. The second-order valence-electron chi connectivity index (χ2n) is 9.21. The highest BCUT2D eigenvalue weighted by Gasteiger charge is 2.37. The van der Waals surface area contributed by atoms with Gasteiger partial charge in [-0.3, -0.25) is 14.4 Å². The van der Waals surface area contributed by atoms with Crippen LogP contribution < -0.4 is 14.7 Å². The summed E-state index contributed by atoms with van der Waals surface area (Å²) in [6.07, 6.45) is 4.53. The molecule has 2 aromatic rings. The van der Waals surface area contributed by atoms with Gasteiger partial charge in [0.25, 0.3) is 0 Å². The lowest BCUT2D eigenvalue weighted by atomic mass is 9.84. The van der Waals surface area contributed by atoms with Crippen molar-refractivity contribution >= 4 is 34.8 Å². The summed E-state index contributed by atoms with van der Waals surface area (Å²) >= 11 is 0. The lowest BCUT2D eigenvalue weighted by Gasteiger charge is -2.43. The van der Waals surface area contributed by atoms with E-state index in [0.29, 0.717) is 13.0 Å². The molecule has 5 rings (SSSR count). The second kappa shape index (κ2) is 8.08. The highest BCUT2D eigenvalue weighted by atomic mass is 16.2. The second-order valence-corrected chi connectivity index (χ2v) is 9.21. The van der Waals surface area contributed by atoms with Gasteiger partial charge in [-0.2, -0.15) is 0 Å². The summed E-state index contributed by atoms with van der Waals surface area (Å²) in [6.45, 7) is 4.86. The van der Waals surface area contributed by atoms with Crippen LogP contribution in [0.4, 0.5) is 17.1 Å². The first-order valence-corrected chi connectivity index (χ1v) is 11.6. The molecule has 6 nitrogen and oxygen atoms in total. The molecule has 1 aliphatic carbocycles. The Balaban J connectivity index is 1.51. The number of amides is 3. The van der Waals surface area contributed by atoms with E-state index in [4.69, 9.17) is 0 Å². The van der Waals surface area contributed by atoms with E-state index in [9.17, 15) is 14.4 Å². The summed E-state index contributed by atoms with van der Waals surface area (Å²) in [7, 11) is 0. The van der Waals surface area contributed by atoms with Crippen molar-refractivity contribution in [1.82, 2.24) is 0 Å². The molecule has 2 aromatic carbocycles. The number of rotatable bonds is 3. The Bertz CT molecular complexity index is 1070. The Morgan fingerprint density at radius 2 is 1.66 bits per heavy atom. The molecule has 1 saturated carbocycles. The van der Waals surface area contributed by atoms with E-state index in [1.54, 1.807) is 11.8 Å². The van der Waals surface area contributed by atoms with Gasteiger partial charge >= 0.3 is 0 Å². The largest absolute Gasteiger partial charge is 0.312 e. The Hall–Kier alpha value is -3.15. The van der Waals surface area contributed by atoms with E-state index in [0.717, 1.165) is 60.4 Å². The molecule has 0 bridgehead atoms. The van der Waals surface area contributed by atoms with Crippen molar-refractivity contribution in [2.45, 2.75) is 52.0 Å². The average Bonchev–Trinajstić information content (AvgIpc) is 3.17. The number of nitrogens with zero attached hydrogens (tertiary/aromatic N) is 3. The molecular weight excluding hydrogens is 402 g/mol. The first kappa shape index (κ1) is 20.7. The fraction of sp³-hybridized carbons (Fsp3) is 0.423. The van der Waals surface area contributed by atoms with Crippen LogP contribution in [0.2, 0.25) is 0 Å². The first-order chi connectivity index (χ1) is 15.4. The Kier molecular flexibility index (Phi) is 5.24. The van der Waals surface area contributed by atoms with E-state index in [1.165, 1.54) is 0 Å². The van der Waals surface area contributed by atoms with Gasteiger partial charge in [-0.05, 0) is 61.6 Å². The molecular formula is C26H29N3O3. The number of anilines is 3. The van der Waals surface area contributed by atoms with Crippen LogP contribution >= 0.6 is 0 Å². The van der Waals surface area contributed by atoms with Crippen LogP contribution in [0.15, 0.2) is 42.5 Å². The van der Waals surface area contributed by atoms with E-state index in [2.05, 4.69) is 0 Å². The maximum Gasteiger partial charge on any atom is 0.230 e. The average molecular weight is 432 g/mol. The summed E-state index contributed by atoms with van der Waals surface area (Å²) < 4.78 is 0. The van der Waals surface area contributed by atoms with Gasteiger partial charge in [-0.25, -0.2) is 0 Å². The van der Waals surface area contributed by atoms with Crippen molar-refractivity contribution in [3.05, 3.63) is 42.5 Å². The van der Waals surface area contributed by atoms with Gasteiger partial charge in [-0.1, -0.05) is 24.6 Å². The van der Waals surface area contributed by atoms with Crippen molar-refractivity contribution in [3.63, 3.8) is 0 Å². The molecule has 32 heavy (non-hydrogen) atoms. The number of hydrogen-bond acceptors (Lipinski definition) is 3. The molecule has 0 spiro atoms. The monoisotopic (exact) mass is 431 g/mol. The first-order valence-electron chi connectivity index (χ1n) is 11.6. The molecule has 1 saturated heterocycles. The smallest absolute Gasteiger partial charge is 0.230 e. The summed E-state index contributed by atoms with van der Waals surface area (Å²) in [4.78, 5) is 43.2. The minimum atomic E-state index is -0.0628. The molecule has 0 N–H and O–H groups in total. The minimum absolute atomic E-state index is 0.0122. The molecule has 3 aliphatic rings. The highest BCUT2D eigenvalue weighted by Crippen LogP contribution is 2.41. The van der Waals surface area contributed by atoms with Gasteiger partial charge in [0.2, 0.25) is 17.7 Å². The maximum absolute atomic E-state index is 13.2. The highest BCUT2D eigenvalue weighted by molar-refractivity contribution is 6.05. The van der Waals surface area contributed by atoms with Crippen molar-refractivity contribution in [1.29, 1.82) is 0 Å². The van der Waals surface area contributed by atoms with E-state index < -0.39 is 0 Å². The third-order valence-corrected chi connectivity index (χ3v) is 7.06. The number of fused-ring (bicyclic) bond motifs is 1. The number of carbonyl (C=O) groups is 3. The van der Waals surface area contributed by atoms with Crippen molar-refractivity contribution in [2.75, 3.05) is 27.8 Å². The number of carbonyl (C=O) groups excluding carboxylic acids is 3. The zero-order valence-corrected chi connectivity index (χ0v) is 18.7. The standard InChI is InChI=1S/C26H29N3O3/c1-17-16-28(26(32)20-5-3-6-20)24-15-21(10-13-23(24)29(17)18(2)30)19-8-11-22(12-9-19)27-14-4-7-25(27)31/h8-13,15,17,20H,3-7,14,16H2,1-2H3/t17-/m0/s1. The van der Waals surface area contributed by atoms with Gasteiger partial charge in [0.1, 0.15) is 0 Å².